The monoisotopic (exact) mass is 629 g/mol. The summed E-state index contributed by atoms with van der Waals surface area (Å²) in [5.41, 5.74) is 1.95. The zero-order valence-corrected chi connectivity index (χ0v) is 23.0. The molecule has 3 aromatic rings. The van der Waals surface area contributed by atoms with E-state index in [0.717, 1.165) is 11.1 Å². The summed E-state index contributed by atoms with van der Waals surface area (Å²) < 4.78 is 22.6. The lowest BCUT2D eigenvalue weighted by atomic mass is 10.1. The SMILES string of the molecule is COc1ccc(CNC(=O)/C(C#N)=C/c2cc(I)c(OCc3ccc([N+](=O)[O-])cc3)c(OC)c2)c(OC)c1. The summed E-state index contributed by atoms with van der Waals surface area (Å²) in [7, 11) is 4.56. The number of carbonyl (C=O) groups is 1. The molecule has 0 spiro atoms. The molecule has 0 heterocycles. The van der Waals surface area contributed by atoms with E-state index in [0.29, 0.717) is 32.1 Å². The predicted octanol–water partition coefficient (Wildman–Crippen LogP) is 5.03. The van der Waals surface area contributed by atoms with E-state index >= 15 is 0 Å². The average Bonchev–Trinajstić information content (AvgIpc) is 2.93. The molecule has 0 atom stereocenters. The van der Waals surface area contributed by atoms with Gasteiger partial charge in [0.1, 0.15) is 29.7 Å². The minimum Gasteiger partial charge on any atom is -0.497 e. The number of nitro benzene ring substituents is 1. The van der Waals surface area contributed by atoms with Gasteiger partial charge in [-0.1, -0.05) is 0 Å². The Kier molecular flexibility index (Phi) is 9.89. The molecule has 0 saturated carbocycles. The third kappa shape index (κ3) is 7.13. The van der Waals surface area contributed by atoms with Gasteiger partial charge in [0.25, 0.3) is 11.6 Å². The first-order valence-corrected chi connectivity index (χ1v) is 12.2. The van der Waals surface area contributed by atoms with Gasteiger partial charge in [0.15, 0.2) is 11.5 Å². The Morgan fingerprint density at radius 1 is 1.05 bits per heavy atom. The van der Waals surface area contributed by atoms with Crippen LogP contribution in [0.25, 0.3) is 6.08 Å². The second-order valence-electron chi connectivity index (χ2n) is 7.78. The van der Waals surface area contributed by atoms with Crippen LogP contribution in [0, 0.1) is 25.0 Å². The third-order valence-electron chi connectivity index (χ3n) is 5.39. The number of hydrogen-bond acceptors (Lipinski definition) is 8. The molecule has 10 nitrogen and oxygen atoms in total. The first-order valence-electron chi connectivity index (χ1n) is 11.1. The van der Waals surface area contributed by atoms with Gasteiger partial charge >= 0.3 is 0 Å². The highest BCUT2D eigenvalue weighted by molar-refractivity contribution is 14.1. The molecule has 0 fully saturated rings. The van der Waals surface area contributed by atoms with Gasteiger partial charge in [-0.2, -0.15) is 5.26 Å². The Morgan fingerprint density at radius 2 is 1.76 bits per heavy atom. The van der Waals surface area contributed by atoms with Crippen molar-refractivity contribution in [1.82, 2.24) is 5.32 Å². The molecule has 38 heavy (non-hydrogen) atoms. The number of nitrogens with zero attached hydrogens (tertiary/aromatic N) is 2. The number of ether oxygens (including phenoxy) is 4. The highest BCUT2D eigenvalue weighted by Gasteiger charge is 2.15. The molecule has 0 unspecified atom stereocenters. The van der Waals surface area contributed by atoms with Crippen LogP contribution in [0.2, 0.25) is 0 Å². The molecule has 0 saturated heterocycles. The smallest absolute Gasteiger partial charge is 0.269 e. The van der Waals surface area contributed by atoms with E-state index in [4.69, 9.17) is 18.9 Å². The summed E-state index contributed by atoms with van der Waals surface area (Å²) in [5.74, 6) is 1.51. The van der Waals surface area contributed by atoms with E-state index in [9.17, 15) is 20.2 Å². The largest absolute Gasteiger partial charge is 0.497 e. The predicted molar refractivity (Wildman–Crippen MR) is 148 cm³/mol. The first-order chi connectivity index (χ1) is 18.3. The van der Waals surface area contributed by atoms with Crippen LogP contribution in [-0.2, 0) is 17.9 Å². The normalized spacial score (nSPS) is 10.8. The lowest BCUT2D eigenvalue weighted by Crippen LogP contribution is -2.24. The summed E-state index contributed by atoms with van der Waals surface area (Å²) in [6.45, 7) is 0.321. The van der Waals surface area contributed by atoms with Crippen LogP contribution in [0.5, 0.6) is 23.0 Å². The van der Waals surface area contributed by atoms with E-state index in [-0.39, 0.29) is 24.4 Å². The number of hydrogen-bond donors (Lipinski definition) is 1. The van der Waals surface area contributed by atoms with Crippen molar-refractivity contribution in [2.75, 3.05) is 21.3 Å². The molecule has 0 aliphatic heterocycles. The minimum absolute atomic E-state index is 0.00229. The fraction of sp³-hybridized carbons (Fsp3) is 0.185. The maximum Gasteiger partial charge on any atom is 0.269 e. The van der Waals surface area contributed by atoms with E-state index in [1.165, 1.54) is 32.4 Å². The molecule has 196 valence electrons. The molecule has 0 aromatic heterocycles. The topological polar surface area (TPSA) is 133 Å². The molecule has 3 aromatic carbocycles. The lowest BCUT2D eigenvalue weighted by Gasteiger charge is -2.14. The van der Waals surface area contributed by atoms with Crippen LogP contribution in [0.4, 0.5) is 5.69 Å². The second-order valence-corrected chi connectivity index (χ2v) is 8.94. The van der Waals surface area contributed by atoms with Gasteiger partial charge in [-0.15, -0.1) is 0 Å². The van der Waals surface area contributed by atoms with Crippen LogP contribution in [0.3, 0.4) is 0 Å². The number of rotatable bonds is 11. The molecular formula is C27H24IN3O7. The highest BCUT2D eigenvalue weighted by Crippen LogP contribution is 2.35. The Labute approximate surface area is 233 Å². The number of nitrogens with one attached hydrogen (secondary N) is 1. The van der Waals surface area contributed by atoms with Crippen LogP contribution in [0.1, 0.15) is 16.7 Å². The van der Waals surface area contributed by atoms with E-state index < -0.39 is 10.8 Å². The van der Waals surface area contributed by atoms with Gasteiger partial charge in [0.2, 0.25) is 0 Å². The number of nitriles is 1. The molecule has 3 rings (SSSR count). The van der Waals surface area contributed by atoms with E-state index in [1.54, 1.807) is 49.6 Å². The summed E-state index contributed by atoms with van der Waals surface area (Å²) in [5, 5.41) is 23.2. The molecule has 0 radical (unpaired) electrons. The molecule has 1 N–H and O–H groups in total. The summed E-state index contributed by atoms with van der Waals surface area (Å²) in [6.07, 6.45) is 1.46. The van der Waals surface area contributed by atoms with Crippen molar-refractivity contribution in [1.29, 1.82) is 5.26 Å². The standard InChI is InChI=1S/C27H24IN3O7/c1-35-22-9-6-19(24(13-22)36-2)15-30-27(32)20(14-29)10-18-11-23(28)26(25(12-18)37-3)38-16-17-4-7-21(8-5-17)31(33)34/h4-13H,15-16H2,1-3H3,(H,30,32)/b20-10+. The molecule has 0 aliphatic carbocycles. The van der Waals surface area contributed by atoms with Crippen LogP contribution < -0.4 is 24.3 Å². The number of carbonyl (C=O) groups excluding carboxylic acids is 1. The van der Waals surface area contributed by atoms with Crippen molar-refractivity contribution in [2.24, 2.45) is 0 Å². The fourth-order valence-corrected chi connectivity index (χ4v) is 4.20. The maximum absolute atomic E-state index is 12.7. The molecule has 1 amide bonds. The molecule has 11 heteroatoms. The summed E-state index contributed by atoms with van der Waals surface area (Å²) in [4.78, 5) is 23.1. The quantitative estimate of drug-likeness (QED) is 0.103. The van der Waals surface area contributed by atoms with Crippen molar-refractivity contribution in [2.45, 2.75) is 13.2 Å². The minimum atomic E-state index is -0.544. The lowest BCUT2D eigenvalue weighted by molar-refractivity contribution is -0.384. The molecular weight excluding hydrogens is 605 g/mol. The van der Waals surface area contributed by atoms with Crippen molar-refractivity contribution >= 4 is 40.3 Å². The number of amides is 1. The first kappa shape index (κ1) is 28.3. The Morgan fingerprint density at radius 3 is 2.37 bits per heavy atom. The van der Waals surface area contributed by atoms with Gasteiger partial charge in [0.05, 0.1) is 29.8 Å². The van der Waals surface area contributed by atoms with Crippen molar-refractivity contribution in [3.05, 3.63) is 90.5 Å². The van der Waals surface area contributed by atoms with Crippen molar-refractivity contribution in [3.63, 3.8) is 0 Å². The highest BCUT2D eigenvalue weighted by atomic mass is 127. The van der Waals surface area contributed by atoms with Gasteiger partial charge in [0, 0.05) is 30.3 Å². The number of non-ortho nitro benzene ring substituents is 1. The number of nitro groups is 1. The van der Waals surface area contributed by atoms with Crippen LogP contribution in [-0.4, -0.2) is 32.2 Å². The third-order valence-corrected chi connectivity index (χ3v) is 6.19. The van der Waals surface area contributed by atoms with E-state index in [2.05, 4.69) is 27.9 Å². The summed E-state index contributed by atoms with van der Waals surface area (Å²) >= 11 is 2.07. The van der Waals surface area contributed by atoms with Crippen molar-refractivity contribution in [3.8, 4) is 29.1 Å². The molecule has 0 aliphatic rings. The average molecular weight is 629 g/mol. The van der Waals surface area contributed by atoms with Gasteiger partial charge in [-0.3, -0.25) is 14.9 Å². The van der Waals surface area contributed by atoms with Gasteiger partial charge in [-0.25, -0.2) is 0 Å². The Hall–Kier alpha value is -4.31. The maximum atomic E-state index is 12.7. The second kappa shape index (κ2) is 13.3. The zero-order chi connectivity index (χ0) is 27.7. The number of methoxy groups -OCH3 is 3. The Bertz CT molecular complexity index is 1400. The molecule has 0 bridgehead atoms. The van der Waals surface area contributed by atoms with E-state index in [1.807, 2.05) is 6.07 Å². The number of halogens is 1. The van der Waals surface area contributed by atoms with Gasteiger partial charge in [-0.05, 0) is 76.2 Å². The van der Waals surface area contributed by atoms with Gasteiger partial charge < -0.3 is 24.3 Å². The van der Waals surface area contributed by atoms with Crippen LogP contribution in [0.15, 0.2) is 60.2 Å². The summed E-state index contributed by atoms with van der Waals surface area (Å²) in [6, 6.07) is 16.7. The van der Waals surface area contributed by atoms with Crippen molar-refractivity contribution < 1.29 is 28.7 Å². The Balaban J connectivity index is 1.74. The zero-order valence-electron chi connectivity index (χ0n) is 20.8. The van der Waals surface area contributed by atoms with Crippen LogP contribution >= 0.6 is 22.6 Å². The number of benzene rings is 3. The fourth-order valence-electron chi connectivity index (χ4n) is 3.42.